The first-order valence-electron chi connectivity index (χ1n) is 4.07. The number of carbonyl (C=O) groups excluding carboxylic acids is 1. The summed E-state index contributed by atoms with van der Waals surface area (Å²) in [6, 6.07) is 0. The van der Waals surface area contributed by atoms with Crippen molar-refractivity contribution in [3.8, 4) is 0 Å². The molecule has 1 atom stereocenters. The van der Waals surface area contributed by atoms with Gasteiger partial charge in [-0.15, -0.1) is 0 Å². The van der Waals surface area contributed by atoms with Crippen molar-refractivity contribution in [2.45, 2.75) is 32.6 Å². The summed E-state index contributed by atoms with van der Waals surface area (Å²) in [5.74, 6) is -0.333. The summed E-state index contributed by atoms with van der Waals surface area (Å²) in [5, 5.41) is 2.88. The molecule has 1 fully saturated rings. The molecular formula is C8H15NO3. The second kappa shape index (κ2) is 3.41. The zero-order valence-electron chi connectivity index (χ0n) is 7.72. The van der Waals surface area contributed by atoms with Crippen LogP contribution in [0.3, 0.4) is 0 Å². The lowest BCUT2D eigenvalue weighted by Gasteiger charge is -2.21. The number of ether oxygens (including phenoxy) is 2. The molecule has 1 N–H and O–H groups in total. The van der Waals surface area contributed by atoms with Gasteiger partial charge < -0.3 is 9.47 Å². The van der Waals surface area contributed by atoms with E-state index in [4.69, 9.17) is 9.47 Å². The molecule has 1 aliphatic heterocycles. The minimum absolute atomic E-state index is 0.333. The maximum Gasteiger partial charge on any atom is 0.351 e. The second-order valence-corrected chi connectivity index (χ2v) is 3.74. The molecule has 1 rings (SSSR count). The van der Waals surface area contributed by atoms with Gasteiger partial charge in [0.15, 0.2) is 0 Å². The highest BCUT2D eigenvalue weighted by molar-refractivity contribution is 5.74. The van der Waals surface area contributed by atoms with Crippen LogP contribution in [0.15, 0.2) is 0 Å². The number of hydrogen-bond acceptors (Lipinski definition) is 4. The molecule has 1 heterocycles. The predicted molar refractivity (Wildman–Crippen MR) is 43.6 cm³/mol. The summed E-state index contributed by atoms with van der Waals surface area (Å²) in [6.45, 7) is 6.79. The van der Waals surface area contributed by atoms with Crippen molar-refractivity contribution in [2.75, 3.05) is 13.2 Å². The van der Waals surface area contributed by atoms with Crippen LogP contribution in [-0.2, 0) is 14.3 Å². The van der Waals surface area contributed by atoms with Crippen LogP contribution >= 0.6 is 0 Å². The summed E-state index contributed by atoms with van der Waals surface area (Å²) in [4.78, 5) is 11.3. The standard InChI is InChI=1S/C8H15NO3/c1-8(2,3)12-7(10)6-9-4-5-11-6/h6,9H,4-5H2,1-3H3. The van der Waals surface area contributed by atoms with E-state index < -0.39 is 11.8 Å². The Kier molecular flexibility index (Phi) is 2.69. The topological polar surface area (TPSA) is 47.6 Å². The average molecular weight is 173 g/mol. The van der Waals surface area contributed by atoms with Crippen molar-refractivity contribution >= 4 is 5.97 Å². The van der Waals surface area contributed by atoms with E-state index in [9.17, 15) is 4.79 Å². The molecule has 0 radical (unpaired) electrons. The third-order valence-electron chi connectivity index (χ3n) is 1.34. The first kappa shape index (κ1) is 9.48. The number of esters is 1. The third-order valence-corrected chi connectivity index (χ3v) is 1.34. The molecular weight excluding hydrogens is 158 g/mol. The summed E-state index contributed by atoms with van der Waals surface area (Å²) in [6.07, 6.45) is -0.566. The van der Waals surface area contributed by atoms with Crippen LogP contribution in [0.4, 0.5) is 0 Å². The van der Waals surface area contributed by atoms with Crippen LogP contribution in [0.1, 0.15) is 20.8 Å². The molecule has 0 amide bonds. The van der Waals surface area contributed by atoms with Crippen molar-refractivity contribution in [2.24, 2.45) is 0 Å². The number of rotatable bonds is 1. The maximum absolute atomic E-state index is 11.3. The largest absolute Gasteiger partial charge is 0.457 e. The smallest absolute Gasteiger partial charge is 0.351 e. The van der Waals surface area contributed by atoms with Gasteiger partial charge in [-0.1, -0.05) is 0 Å². The van der Waals surface area contributed by atoms with Crippen LogP contribution in [0, 0.1) is 0 Å². The lowest BCUT2D eigenvalue weighted by atomic mass is 10.2. The van der Waals surface area contributed by atoms with Gasteiger partial charge in [0, 0.05) is 6.54 Å². The van der Waals surface area contributed by atoms with E-state index in [-0.39, 0.29) is 5.97 Å². The highest BCUT2D eigenvalue weighted by Gasteiger charge is 2.27. The van der Waals surface area contributed by atoms with Gasteiger partial charge in [-0.3, -0.25) is 5.32 Å². The van der Waals surface area contributed by atoms with Crippen LogP contribution in [-0.4, -0.2) is 30.9 Å². The Morgan fingerprint density at radius 2 is 2.25 bits per heavy atom. The van der Waals surface area contributed by atoms with Crippen LogP contribution in [0.5, 0.6) is 0 Å². The van der Waals surface area contributed by atoms with E-state index in [1.54, 1.807) is 0 Å². The fraction of sp³-hybridized carbons (Fsp3) is 0.875. The molecule has 0 bridgehead atoms. The van der Waals surface area contributed by atoms with Crippen LogP contribution in [0.2, 0.25) is 0 Å². The molecule has 1 saturated heterocycles. The minimum atomic E-state index is -0.566. The van der Waals surface area contributed by atoms with E-state index in [1.807, 2.05) is 20.8 Å². The van der Waals surface area contributed by atoms with Gasteiger partial charge in [0.2, 0.25) is 6.23 Å². The van der Waals surface area contributed by atoms with Crippen LogP contribution < -0.4 is 5.32 Å². The molecule has 0 aliphatic carbocycles. The molecule has 0 aromatic heterocycles. The molecule has 12 heavy (non-hydrogen) atoms. The van der Waals surface area contributed by atoms with Crippen LogP contribution in [0.25, 0.3) is 0 Å². The van der Waals surface area contributed by atoms with Crippen molar-refractivity contribution in [3.05, 3.63) is 0 Å². The minimum Gasteiger partial charge on any atom is -0.457 e. The predicted octanol–water partition coefficient (Wildman–Crippen LogP) is 0.274. The summed E-state index contributed by atoms with van der Waals surface area (Å²) in [5.41, 5.74) is -0.440. The lowest BCUT2D eigenvalue weighted by Crippen LogP contribution is -2.38. The number of nitrogens with one attached hydrogen (secondary N) is 1. The van der Waals surface area contributed by atoms with Gasteiger partial charge in [-0.05, 0) is 20.8 Å². The third kappa shape index (κ3) is 2.79. The van der Waals surface area contributed by atoms with Gasteiger partial charge in [-0.2, -0.15) is 0 Å². The summed E-state index contributed by atoms with van der Waals surface area (Å²) >= 11 is 0. The molecule has 0 saturated carbocycles. The number of hydrogen-bond donors (Lipinski definition) is 1. The molecule has 1 unspecified atom stereocenters. The zero-order chi connectivity index (χ0) is 9.19. The molecule has 0 aromatic rings. The Balaban J connectivity index is 2.37. The van der Waals surface area contributed by atoms with Crippen molar-refractivity contribution < 1.29 is 14.3 Å². The molecule has 4 heteroatoms. The Morgan fingerprint density at radius 3 is 2.67 bits per heavy atom. The summed E-state index contributed by atoms with van der Waals surface area (Å²) in [7, 11) is 0. The Bertz CT molecular complexity index is 168. The molecule has 70 valence electrons. The maximum atomic E-state index is 11.3. The monoisotopic (exact) mass is 173 g/mol. The normalized spacial score (nSPS) is 24.1. The molecule has 4 nitrogen and oxygen atoms in total. The average Bonchev–Trinajstić information content (AvgIpc) is 2.32. The van der Waals surface area contributed by atoms with Crippen molar-refractivity contribution in [1.82, 2.24) is 5.32 Å². The highest BCUT2D eigenvalue weighted by Crippen LogP contribution is 2.09. The van der Waals surface area contributed by atoms with Gasteiger partial charge in [0.05, 0.1) is 6.61 Å². The SMILES string of the molecule is CC(C)(C)OC(=O)C1NCCO1. The Hall–Kier alpha value is -0.610. The lowest BCUT2D eigenvalue weighted by molar-refractivity contribution is -0.166. The fourth-order valence-electron chi connectivity index (χ4n) is 0.932. The van der Waals surface area contributed by atoms with E-state index >= 15 is 0 Å². The zero-order valence-corrected chi connectivity index (χ0v) is 7.72. The van der Waals surface area contributed by atoms with E-state index in [0.717, 1.165) is 0 Å². The van der Waals surface area contributed by atoms with E-state index in [1.165, 1.54) is 0 Å². The van der Waals surface area contributed by atoms with E-state index in [0.29, 0.717) is 13.2 Å². The van der Waals surface area contributed by atoms with E-state index in [2.05, 4.69) is 5.32 Å². The Labute approximate surface area is 72.2 Å². The first-order valence-corrected chi connectivity index (χ1v) is 4.07. The fourth-order valence-corrected chi connectivity index (χ4v) is 0.932. The van der Waals surface area contributed by atoms with Gasteiger partial charge in [0.1, 0.15) is 5.60 Å². The van der Waals surface area contributed by atoms with Crippen molar-refractivity contribution in [1.29, 1.82) is 0 Å². The quantitative estimate of drug-likeness (QED) is 0.578. The van der Waals surface area contributed by atoms with Crippen molar-refractivity contribution in [3.63, 3.8) is 0 Å². The molecule has 0 aromatic carbocycles. The summed E-state index contributed by atoms with van der Waals surface area (Å²) < 4.78 is 10.2. The first-order chi connectivity index (χ1) is 5.49. The second-order valence-electron chi connectivity index (χ2n) is 3.74. The highest BCUT2D eigenvalue weighted by atomic mass is 16.6. The Morgan fingerprint density at radius 1 is 1.58 bits per heavy atom. The number of carbonyl (C=O) groups is 1. The van der Waals surface area contributed by atoms with Gasteiger partial charge in [-0.25, -0.2) is 4.79 Å². The molecule has 1 aliphatic rings. The van der Waals surface area contributed by atoms with Gasteiger partial charge >= 0.3 is 5.97 Å². The molecule has 0 spiro atoms. The van der Waals surface area contributed by atoms with Gasteiger partial charge in [0.25, 0.3) is 0 Å².